The highest BCUT2D eigenvalue weighted by Gasteiger charge is 2.22. The van der Waals surface area contributed by atoms with Crippen molar-refractivity contribution in [2.75, 3.05) is 12.4 Å². The Balaban J connectivity index is 1.81. The van der Waals surface area contributed by atoms with Gasteiger partial charge in [-0.3, -0.25) is 4.79 Å². The van der Waals surface area contributed by atoms with E-state index in [1.54, 1.807) is 50.2 Å². The number of fused-ring (bicyclic) bond motifs is 1. The van der Waals surface area contributed by atoms with Crippen LogP contribution in [0.25, 0.3) is 22.6 Å². The molecule has 29 heavy (non-hydrogen) atoms. The SMILES string of the molecule is COC(=O)c1c(C)cccc1NC(=O)c1cc(-c2ccco2)nc2onc(C)c12. The van der Waals surface area contributed by atoms with Crippen molar-refractivity contribution in [3.8, 4) is 11.5 Å². The highest BCUT2D eigenvalue weighted by atomic mass is 16.5. The smallest absolute Gasteiger partial charge is 0.340 e. The summed E-state index contributed by atoms with van der Waals surface area (Å²) in [4.78, 5) is 29.8. The molecule has 4 aromatic rings. The minimum absolute atomic E-state index is 0.221. The molecule has 0 bridgehead atoms. The molecule has 146 valence electrons. The van der Waals surface area contributed by atoms with Crippen LogP contribution in [-0.2, 0) is 4.74 Å². The summed E-state index contributed by atoms with van der Waals surface area (Å²) in [7, 11) is 1.29. The molecule has 0 spiro atoms. The number of esters is 1. The molecule has 0 saturated heterocycles. The summed E-state index contributed by atoms with van der Waals surface area (Å²) in [5.74, 6) is -0.483. The van der Waals surface area contributed by atoms with E-state index in [0.29, 0.717) is 44.9 Å². The van der Waals surface area contributed by atoms with Gasteiger partial charge in [0.1, 0.15) is 5.69 Å². The van der Waals surface area contributed by atoms with Crippen molar-refractivity contribution in [2.24, 2.45) is 0 Å². The van der Waals surface area contributed by atoms with E-state index in [-0.39, 0.29) is 5.71 Å². The number of ether oxygens (including phenoxy) is 1. The minimum Gasteiger partial charge on any atom is -0.465 e. The van der Waals surface area contributed by atoms with Crippen LogP contribution >= 0.6 is 0 Å². The Bertz CT molecular complexity index is 1220. The van der Waals surface area contributed by atoms with Gasteiger partial charge in [-0.25, -0.2) is 9.78 Å². The highest BCUT2D eigenvalue weighted by molar-refractivity contribution is 6.14. The minimum atomic E-state index is -0.532. The summed E-state index contributed by atoms with van der Waals surface area (Å²) in [6, 6.07) is 10.2. The number of carbonyl (C=O) groups excluding carboxylic acids is 2. The summed E-state index contributed by atoms with van der Waals surface area (Å²) in [6.07, 6.45) is 1.52. The van der Waals surface area contributed by atoms with Crippen LogP contribution in [0.15, 0.2) is 51.6 Å². The van der Waals surface area contributed by atoms with E-state index >= 15 is 0 Å². The van der Waals surface area contributed by atoms with Crippen molar-refractivity contribution in [3.63, 3.8) is 0 Å². The van der Waals surface area contributed by atoms with Gasteiger partial charge in [0.05, 0.1) is 41.3 Å². The Morgan fingerprint density at radius 1 is 1.14 bits per heavy atom. The van der Waals surface area contributed by atoms with E-state index in [1.165, 1.54) is 13.4 Å². The van der Waals surface area contributed by atoms with Crippen molar-refractivity contribution in [1.29, 1.82) is 0 Å². The number of methoxy groups -OCH3 is 1. The lowest BCUT2D eigenvalue weighted by Gasteiger charge is -2.12. The molecule has 0 fully saturated rings. The highest BCUT2D eigenvalue weighted by Crippen LogP contribution is 2.29. The molecule has 0 unspecified atom stereocenters. The van der Waals surface area contributed by atoms with Gasteiger partial charge in [-0.1, -0.05) is 17.3 Å². The van der Waals surface area contributed by atoms with Crippen LogP contribution in [0.4, 0.5) is 5.69 Å². The Kier molecular flexibility index (Phi) is 4.59. The monoisotopic (exact) mass is 391 g/mol. The van der Waals surface area contributed by atoms with Crippen molar-refractivity contribution in [1.82, 2.24) is 10.1 Å². The fourth-order valence-corrected chi connectivity index (χ4v) is 3.16. The van der Waals surface area contributed by atoms with Gasteiger partial charge in [0.15, 0.2) is 5.76 Å². The number of nitrogens with zero attached hydrogens (tertiary/aromatic N) is 2. The first-order chi connectivity index (χ1) is 14.0. The predicted octanol–water partition coefficient (Wildman–Crippen LogP) is 4.14. The first-order valence-corrected chi connectivity index (χ1v) is 8.79. The van der Waals surface area contributed by atoms with Crippen LogP contribution in [0.5, 0.6) is 0 Å². The fourth-order valence-electron chi connectivity index (χ4n) is 3.16. The maximum atomic E-state index is 13.2. The normalized spacial score (nSPS) is 10.9. The third-order valence-electron chi connectivity index (χ3n) is 4.55. The van der Waals surface area contributed by atoms with E-state index in [1.807, 2.05) is 0 Å². The third kappa shape index (κ3) is 3.25. The van der Waals surface area contributed by atoms with Crippen LogP contribution in [0.3, 0.4) is 0 Å². The molecule has 0 saturated carbocycles. The van der Waals surface area contributed by atoms with Gasteiger partial charge in [-0.15, -0.1) is 0 Å². The molecule has 0 atom stereocenters. The van der Waals surface area contributed by atoms with Gasteiger partial charge in [0.25, 0.3) is 11.6 Å². The van der Waals surface area contributed by atoms with Crippen LogP contribution in [0.1, 0.15) is 32.0 Å². The molecular formula is C21H17N3O5. The van der Waals surface area contributed by atoms with Crippen molar-refractivity contribution >= 4 is 28.7 Å². The number of amides is 1. The van der Waals surface area contributed by atoms with Crippen molar-refractivity contribution in [2.45, 2.75) is 13.8 Å². The number of pyridine rings is 1. The lowest BCUT2D eigenvalue weighted by molar-refractivity contribution is 0.0601. The van der Waals surface area contributed by atoms with Gasteiger partial charge >= 0.3 is 5.97 Å². The molecule has 8 heteroatoms. The molecule has 1 aromatic carbocycles. The van der Waals surface area contributed by atoms with Gasteiger partial charge in [0.2, 0.25) is 0 Å². The molecule has 0 aliphatic carbocycles. The van der Waals surface area contributed by atoms with Crippen LogP contribution in [0, 0.1) is 13.8 Å². The molecule has 0 aliphatic rings. The fraction of sp³-hybridized carbons (Fsp3) is 0.143. The summed E-state index contributed by atoms with van der Waals surface area (Å²) >= 11 is 0. The maximum Gasteiger partial charge on any atom is 0.340 e. The van der Waals surface area contributed by atoms with E-state index < -0.39 is 11.9 Å². The van der Waals surface area contributed by atoms with Gasteiger partial charge < -0.3 is 19.0 Å². The molecule has 4 rings (SSSR count). The van der Waals surface area contributed by atoms with Crippen molar-refractivity contribution in [3.05, 3.63) is 65.0 Å². The average molecular weight is 391 g/mol. The first kappa shape index (κ1) is 18.4. The number of hydrogen-bond acceptors (Lipinski definition) is 7. The molecule has 0 aliphatic heterocycles. The quantitative estimate of drug-likeness (QED) is 0.521. The van der Waals surface area contributed by atoms with Crippen molar-refractivity contribution < 1.29 is 23.3 Å². The molecule has 0 radical (unpaired) electrons. The van der Waals surface area contributed by atoms with Crippen LogP contribution in [-0.4, -0.2) is 29.1 Å². The number of anilines is 1. The molecule has 8 nitrogen and oxygen atoms in total. The topological polar surface area (TPSA) is 107 Å². The second-order valence-corrected chi connectivity index (χ2v) is 6.42. The Morgan fingerprint density at radius 3 is 2.69 bits per heavy atom. The second kappa shape index (κ2) is 7.23. The number of nitrogens with one attached hydrogen (secondary N) is 1. The number of carbonyl (C=O) groups is 2. The number of rotatable bonds is 4. The first-order valence-electron chi connectivity index (χ1n) is 8.79. The third-order valence-corrected chi connectivity index (χ3v) is 4.55. The zero-order valence-electron chi connectivity index (χ0n) is 16.0. The van der Waals surface area contributed by atoms with E-state index in [4.69, 9.17) is 13.7 Å². The summed E-state index contributed by atoms with van der Waals surface area (Å²) < 4.78 is 15.5. The number of aryl methyl sites for hydroxylation is 2. The number of aromatic nitrogens is 2. The Hall–Kier alpha value is -3.94. The number of benzene rings is 1. The lowest BCUT2D eigenvalue weighted by atomic mass is 10.0. The van der Waals surface area contributed by atoms with Gasteiger partial charge in [-0.2, -0.15) is 0 Å². The molecule has 3 aromatic heterocycles. The molecule has 1 amide bonds. The molecule has 3 heterocycles. The van der Waals surface area contributed by atoms with Gasteiger partial charge in [-0.05, 0) is 43.7 Å². The van der Waals surface area contributed by atoms with Crippen LogP contribution in [0.2, 0.25) is 0 Å². The zero-order valence-corrected chi connectivity index (χ0v) is 16.0. The zero-order chi connectivity index (χ0) is 20.5. The van der Waals surface area contributed by atoms with Gasteiger partial charge in [0, 0.05) is 0 Å². The van der Waals surface area contributed by atoms with Crippen LogP contribution < -0.4 is 5.32 Å². The summed E-state index contributed by atoms with van der Waals surface area (Å²) in [5, 5.41) is 7.21. The maximum absolute atomic E-state index is 13.2. The second-order valence-electron chi connectivity index (χ2n) is 6.42. The Labute approximate surface area is 165 Å². The summed E-state index contributed by atoms with van der Waals surface area (Å²) in [6.45, 7) is 3.50. The Morgan fingerprint density at radius 2 is 1.97 bits per heavy atom. The van der Waals surface area contributed by atoms with E-state index in [2.05, 4.69) is 15.5 Å². The van der Waals surface area contributed by atoms with E-state index in [9.17, 15) is 9.59 Å². The standard InChI is InChI=1S/C21H17N3O5/c1-11-6-4-7-14(17(11)21(26)27-3)22-19(25)13-10-15(16-8-5-9-28-16)23-20-18(13)12(2)24-29-20/h4-10H,1-3H3,(H,22,25). The largest absolute Gasteiger partial charge is 0.465 e. The summed E-state index contributed by atoms with van der Waals surface area (Å²) in [5.41, 5.74) is 2.81. The molecule has 1 N–H and O–H groups in total. The number of hydrogen-bond donors (Lipinski definition) is 1. The average Bonchev–Trinajstić information content (AvgIpc) is 3.37. The van der Waals surface area contributed by atoms with E-state index in [0.717, 1.165) is 0 Å². The number of furan rings is 1. The lowest BCUT2D eigenvalue weighted by Crippen LogP contribution is -2.17. The molecular weight excluding hydrogens is 374 g/mol. The predicted molar refractivity (Wildman–Crippen MR) is 105 cm³/mol.